The molecule has 0 aromatic carbocycles. The van der Waals surface area contributed by atoms with Crippen LogP contribution in [0.25, 0.3) is 0 Å². The molecule has 0 radical (unpaired) electrons. The SMILES string of the molecule is C=CCOC1CCC(C2CCC(CN(C)C(=O)C=C)CC2)CC1. The van der Waals surface area contributed by atoms with Crippen LogP contribution in [0.5, 0.6) is 0 Å². The molecule has 0 atom stereocenters. The van der Waals surface area contributed by atoms with E-state index in [1.165, 1.54) is 57.4 Å². The highest BCUT2D eigenvalue weighted by Gasteiger charge is 2.31. The Kier molecular flexibility index (Phi) is 7.35. The largest absolute Gasteiger partial charge is 0.374 e. The van der Waals surface area contributed by atoms with Gasteiger partial charge < -0.3 is 9.64 Å². The molecule has 0 heterocycles. The van der Waals surface area contributed by atoms with Gasteiger partial charge in [-0.15, -0.1) is 6.58 Å². The Labute approximate surface area is 141 Å². The van der Waals surface area contributed by atoms with Crippen molar-refractivity contribution in [2.75, 3.05) is 20.2 Å². The van der Waals surface area contributed by atoms with Crippen LogP contribution in [0.2, 0.25) is 0 Å². The van der Waals surface area contributed by atoms with Crippen molar-refractivity contribution in [3.63, 3.8) is 0 Å². The van der Waals surface area contributed by atoms with Crippen molar-refractivity contribution in [1.29, 1.82) is 0 Å². The number of carbonyl (C=O) groups excluding carboxylic acids is 1. The normalized spacial score (nSPS) is 31.3. The summed E-state index contributed by atoms with van der Waals surface area (Å²) in [7, 11) is 1.89. The smallest absolute Gasteiger partial charge is 0.245 e. The molecule has 0 unspecified atom stereocenters. The molecule has 0 bridgehead atoms. The van der Waals surface area contributed by atoms with Crippen LogP contribution in [0.15, 0.2) is 25.3 Å². The third-order valence-corrected chi connectivity index (χ3v) is 5.81. The molecule has 130 valence electrons. The third kappa shape index (κ3) is 5.49. The fourth-order valence-electron chi connectivity index (χ4n) is 4.41. The first-order valence-electron chi connectivity index (χ1n) is 9.24. The van der Waals surface area contributed by atoms with Crippen molar-refractivity contribution in [2.24, 2.45) is 17.8 Å². The second kappa shape index (κ2) is 9.27. The van der Waals surface area contributed by atoms with E-state index in [1.807, 2.05) is 18.0 Å². The molecule has 2 rings (SSSR count). The van der Waals surface area contributed by atoms with Crippen molar-refractivity contribution in [2.45, 2.75) is 57.5 Å². The van der Waals surface area contributed by atoms with Gasteiger partial charge in [-0.25, -0.2) is 0 Å². The Morgan fingerprint density at radius 2 is 1.61 bits per heavy atom. The maximum absolute atomic E-state index is 11.6. The standard InChI is InChI=1S/C20H33NO2/c1-4-14-23-19-12-10-18(11-13-19)17-8-6-16(7-9-17)15-21(3)20(22)5-2/h4-5,16-19H,1-2,6-15H2,3H3. The van der Waals surface area contributed by atoms with Gasteiger partial charge in [-0.05, 0) is 75.2 Å². The molecule has 3 heteroatoms. The first-order valence-corrected chi connectivity index (χ1v) is 9.24. The number of rotatable bonds is 7. The van der Waals surface area contributed by atoms with E-state index in [0.29, 0.717) is 18.6 Å². The molecule has 0 aromatic heterocycles. The van der Waals surface area contributed by atoms with E-state index in [0.717, 1.165) is 18.4 Å². The van der Waals surface area contributed by atoms with Crippen LogP contribution in [0.1, 0.15) is 51.4 Å². The number of carbonyl (C=O) groups is 1. The summed E-state index contributed by atoms with van der Waals surface area (Å²) in [5.41, 5.74) is 0. The van der Waals surface area contributed by atoms with Crippen LogP contribution in [-0.2, 0) is 9.53 Å². The molecule has 2 aliphatic rings. The van der Waals surface area contributed by atoms with E-state index in [2.05, 4.69) is 13.2 Å². The lowest BCUT2D eigenvalue weighted by Gasteiger charge is -2.38. The van der Waals surface area contributed by atoms with E-state index in [4.69, 9.17) is 4.74 Å². The molecular formula is C20H33NO2. The summed E-state index contributed by atoms with van der Waals surface area (Å²) in [4.78, 5) is 13.4. The van der Waals surface area contributed by atoms with Gasteiger partial charge in [0.1, 0.15) is 0 Å². The summed E-state index contributed by atoms with van der Waals surface area (Å²) in [5.74, 6) is 2.51. The molecule has 0 aromatic rings. The summed E-state index contributed by atoms with van der Waals surface area (Å²) >= 11 is 0. The van der Waals surface area contributed by atoms with E-state index in [9.17, 15) is 4.79 Å². The summed E-state index contributed by atoms with van der Waals surface area (Å²) in [6.45, 7) is 8.87. The molecule has 2 saturated carbocycles. The van der Waals surface area contributed by atoms with Crippen molar-refractivity contribution in [3.05, 3.63) is 25.3 Å². The summed E-state index contributed by atoms with van der Waals surface area (Å²) in [6.07, 6.45) is 14.0. The van der Waals surface area contributed by atoms with Gasteiger partial charge in [0.15, 0.2) is 0 Å². The van der Waals surface area contributed by atoms with Gasteiger partial charge in [0, 0.05) is 13.6 Å². The maximum Gasteiger partial charge on any atom is 0.245 e. The van der Waals surface area contributed by atoms with Crippen molar-refractivity contribution < 1.29 is 9.53 Å². The Bertz CT molecular complexity index is 390. The number of nitrogens with zero attached hydrogens (tertiary/aromatic N) is 1. The van der Waals surface area contributed by atoms with Crippen molar-refractivity contribution in [3.8, 4) is 0 Å². The highest BCUT2D eigenvalue weighted by atomic mass is 16.5. The van der Waals surface area contributed by atoms with Gasteiger partial charge in [0.2, 0.25) is 5.91 Å². The molecule has 0 N–H and O–H groups in total. The van der Waals surface area contributed by atoms with E-state index in [1.54, 1.807) is 0 Å². The predicted molar refractivity (Wildman–Crippen MR) is 95.2 cm³/mol. The summed E-state index contributed by atoms with van der Waals surface area (Å²) < 4.78 is 5.80. The zero-order chi connectivity index (χ0) is 16.7. The van der Waals surface area contributed by atoms with E-state index >= 15 is 0 Å². The zero-order valence-electron chi connectivity index (χ0n) is 14.7. The monoisotopic (exact) mass is 319 g/mol. The predicted octanol–water partition coefficient (Wildman–Crippen LogP) is 4.20. The quantitative estimate of drug-likeness (QED) is 0.520. The van der Waals surface area contributed by atoms with Gasteiger partial charge in [-0.2, -0.15) is 0 Å². The molecule has 1 amide bonds. The molecule has 0 aliphatic heterocycles. The zero-order valence-corrected chi connectivity index (χ0v) is 14.7. The second-order valence-corrected chi connectivity index (χ2v) is 7.36. The van der Waals surface area contributed by atoms with Gasteiger partial charge >= 0.3 is 0 Å². The Morgan fingerprint density at radius 3 is 2.13 bits per heavy atom. The first-order chi connectivity index (χ1) is 11.1. The van der Waals surface area contributed by atoms with Crippen LogP contribution in [0.3, 0.4) is 0 Å². The lowest BCUT2D eigenvalue weighted by atomic mass is 9.70. The minimum atomic E-state index is 0.0463. The number of likely N-dealkylation sites (N-methyl/N-ethyl adjacent to an activating group) is 1. The summed E-state index contributed by atoms with van der Waals surface area (Å²) in [6, 6.07) is 0. The van der Waals surface area contributed by atoms with Crippen LogP contribution in [0, 0.1) is 17.8 Å². The van der Waals surface area contributed by atoms with Gasteiger partial charge in [-0.3, -0.25) is 4.79 Å². The third-order valence-electron chi connectivity index (χ3n) is 5.81. The fourth-order valence-corrected chi connectivity index (χ4v) is 4.41. The Hall–Kier alpha value is -1.09. The van der Waals surface area contributed by atoms with Gasteiger partial charge in [-0.1, -0.05) is 12.7 Å². The minimum Gasteiger partial charge on any atom is -0.374 e. The first kappa shape index (κ1) is 18.3. The molecule has 0 saturated heterocycles. The molecule has 2 fully saturated rings. The lowest BCUT2D eigenvalue weighted by Crippen LogP contribution is -2.34. The topological polar surface area (TPSA) is 29.5 Å². The number of hydrogen-bond donors (Lipinski definition) is 0. The van der Waals surface area contributed by atoms with Crippen molar-refractivity contribution in [1.82, 2.24) is 4.90 Å². The van der Waals surface area contributed by atoms with Gasteiger partial charge in [0.05, 0.1) is 12.7 Å². The average molecular weight is 319 g/mol. The lowest BCUT2D eigenvalue weighted by molar-refractivity contribution is -0.125. The Balaban J connectivity index is 1.68. The highest BCUT2D eigenvalue weighted by molar-refractivity contribution is 5.86. The molecule has 0 spiro atoms. The number of ether oxygens (including phenoxy) is 1. The van der Waals surface area contributed by atoms with E-state index in [-0.39, 0.29) is 5.91 Å². The van der Waals surface area contributed by atoms with Crippen LogP contribution < -0.4 is 0 Å². The number of amides is 1. The second-order valence-electron chi connectivity index (χ2n) is 7.36. The van der Waals surface area contributed by atoms with E-state index < -0.39 is 0 Å². The molecule has 3 nitrogen and oxygen atoms in total. The molecular weight excluding hydrogens is 286 g/mol. The van der Waals surface area contributed by atoms with Crippen LogP contribution >= 0.6 is 0 Å². The van der Waals surface area contributed by atoms with Crippen molar-refractivity contribution >= 4 is 5.91 Å². The minimum absolute atomic E-state index is 0.0463. The van der Waals surface area contributed by atoms with Crippen LogP contribution in [0.4, 0.5) is 0 Å². The highest BCUT2D eigenvalue weighted by Crippen LogP contribution is 2.40. The maximum atomic E-state index is 11.6. The fraction of sp³-hybridized carbons (Fsp3) is 0.750. The van der Waals surface area contributed by atoms with Gasteiger partial charge in [0.25, 0.3) is 0 Å². The Morgan fingerprint density at radius 1 is 1.04 bits per heavy atom. The van der Waals surface area contributed by atoms with Crippen LogP contribution in [-0.4, -0.2) is 37.1 Å². The average Bonchev–Trinajstić information content (AvgIpc) is 2.60. The number of hydrogen-bond acceptors (Lipinski definition) is 2. The molecule has 2 aliphatic carbocycles. The summed E-state index contributed by atoms with van der Waals surface area (Å²) in [5, 5.41) is 0. The molecule has 23 heavy (non-hydrogen) atoms.